The van der Waals surface area contributed by atoms with E-state index in [2.05, 4.69) is 312 Å². The molecule has 1 aliphatic carbocycles. The van der Waals surface area contributed by atoms with Gasteiger partial charge in [-0.3, -0.25) is 18.4 Å². The summed E-state index contributed by atoms with van der Waals surface area (Å²) in [6.45, 7) is 32.8. The number of carbonyl (C=O) groups is 2. The van der Waals surface area contributed by atoms with Crippen molar-refractivity contribution in [2.24, 2.45) is 0 Å². The van der Waals surface area contributed by atoms with Crippen LogP contribution in [0.5, 0.6) is 0 Å². The van der Waals surface area contributed by atoms with Gasteiger partial charge in [-0.25, -0.2) is 0 Å². The van der Waals surface area contributed by atoms with Crippen LogP contribution in [0, 0.1) is 10.7 Å². The van der Waals surface area contributed by atoms with Crippen LogP contribution in [-0.2, 0) is 27.1 Å². The van der Waals surface area contributed by atoms with Gasteiger partial charge in [-0.1, -0.05) is 210 Å². The zero-order valence-corrected chi connectivity index (χ0v) is 57.3. The Bertz CT molecular complexity index is 2090. The first-order valence-corrected chi connectivity index (χ1v) is 29.2. The number of alkyl halides is 2. The van der Waals surface area contributed by atoms with Gasteiger partial charge in [0, 0.05) is 44.2 Å². The molecule has 70 heavy (non-hydrogen) atoms. The SMILES string of the molecule is C.C1CC1.CC(C)(C)c1cc(Br)cc(Br)c1.CC(C)(C)c1cc(Br)cc(Br)c1.CC(C)(C)c1cc(Br)cc(C=O)c1.CC(C)(C)c1cc(I)cc(C=O)c1.CC(C)(C)c1cc(I)cc(I)c1.[2H]CF.[2H]CF. The van der Waals surface area contributed by atoms with E-state index in [-0.39, 0.29) is 34.5 Å². The van der Waals surface area contributed by atoms with Crippen molar-refractivity contribution >= 4 is 160 Å². The third-order valence-electron chi connectivity index (χ3n) is 9.38. The van der Waals surface area contributed by atoms with Crippen LogP contribution in [-0.4, -0.2) is 26.9 Å². The highest BCUT2D eigenvalue weighted by Crippen LogP contribution is 2.31. The Morgan fingerprint density at radius 1 is 0.386 bits per heavy atom. The molecule has 0 bridgehead atoms. The number of halogens is 10. The summed E-state index contributed by atoms with van der Waals surface area (Å²) in [4.78, 5) is 21.3. The third-order valence-corrected chi connectivity index (χ3v) is 13.5. The van der Waals surface area contributed by atoms with Gasteiger partial charge in [0.2, 0.25) is 0 Å². The predicted molar refractivity (Wildman–Crippen MR) is 348 cm³/mol. The molecular weight excluding hydrogens is 1550 g/mol. The normalized spacial score (nSPS) is 11.8. The minimum Gasteiger partial charge on any atom is -0.298 e. The number of hydrogen-bond acceptors (Lipinski definition) is 2. The summed E-state index contributed by atoms with van der Waals surface area (Å²) in [5.74, 6) is 0. The van der Waals surface area contributed by atoms with Crippen LogP contribution in [0.3, 0.4) is 0 Å². The van der Waals surface area contributed by atoms with Crippen LogP contribution < -0.4 is 0 Å². The highest BCUT2D eigenvalue weighted by Gasteiger charge is 2.18. The van der Waals surface area contributed by atoms with Crippen LogP contribution in [0.1, 0.15) is 182 Å². The van der Waals surface area contributed by atoms with Crippen molar-refractivity contribution in [3.8, 4) is 0 Å². The van der Waals surface area contributed by atoms with E-state index in [0.717, 1.165) is 49.6 Å². The van der Waals surface area contributed by atoms with E-state index in [9.17, 15) is 18.4 Å². The molecule has 0 aliphatic heterocycles. The Morgan fingerprint density at radius 3 is 0.829 bits per heavy atom. The molecule has 0 aromatic heterocycles. The topological polar surface area (TPSA) is 34.1 Å². The first kappa shape index (κ1) is 69.9. The number of aldehydes is 2. The molecule has 2 nitrogen and oxygen atoms in total. The number of carbonyl (C=O) groups excluding carboxylic acids is 2. The smallest absolute Gasteiger partial charge is 0.150 e. The highest BCUT2D eigenvalue weighted by atomic mass is 127. The van der Waals surface area contributed by atoms with Crippen molar-refractivity contribution in [3.63, 3.8) is 0 Å². The van der Waals surface area contributed by atoms with E-state index in [1.165, 1.54) is 54.2 Å². The monoisotopic (exact) mass is 1620 g/mol. The van der Waals surface area contributed by atoms with E-state index in [4.69, 9.17) is 2.74 Å². The Labute approximate surface area is 510 Å². The largest absolute Gasteiger partial charge is 0.298 e. The van der Waals surface area contributed by atoms with Gasteiger partial charge in [0.1, 0.15) is 12.6 Å². The van der Waals surface area contributed by atoms with E-state index in [0.29, 0.717) is 0 Å². The summed E-state index contributed by atoms with van der Waals surface area (Å²) in [5, 5.41) is 0. The molecule has 1 fully saturated rings. The van der Waals surface area contributed by atoms with Gasteiger partial charge >= 0.3 is 0 Å². The molecule has 5 aromatic rings. The molecule has 1 aliphatic rings. The minimum absolute atomic E-state index is 0. The molecule has 0 saturated heterocycles. The highest BCUT2D eigenvalue weighted by molar-refractivity contribution is 14.1. The van der Waals surface area contributed by atoms with Gasteiger partial charge in [-0.05, 0) is 214 Å². The summed E-state index contributed by atoms with van der Waals surface area (Å²) < 4.78 is 40.2. The van der Waals surface area contributed by atoms with Crippen LogP contribution in [0.15, 0.2) is 113 Å². The lowest BCUT2D eigenvalue weighted by Crippen LogP contribution is -2.11. The fourth-order valence-corrected chi connectivity index (χ4v) is 10.9. The minimum atomic E-state index is -1.00. The fourth-order valence-electron chi connectivity index (χ4n) is 5.19. The first-order chi connectivity index (χ1) is 32.4. The summed E-state index contributed by atoms with van der Waals surface area (Å²) in [7, 11) is -2.00. The molecule has 392 valence electrons. The van der Waals surface area contributed by atoms with Gasteiger partial charge in [0.15, 0.2) is 0 Å². The molecular formula is C58H78Br5F2I3O2. The molecule has 0 unspecified atom stereocenters. The lowest BCUT2D eigenvalue weighted by Gasteiger charge is -2.19. The Balaban J connectivity index is -0.000000788. The van der Waals surface area contributed by atoms with Crippen LogP contribution in [0.2, 0.25) is 0 Å². The maximum Gasteiger partial charge on any atom is 0.150 e. The average molecular weight is 1630 g/mol. The van der Waals surface area contributed by atoms with E-state index in [1.807, 2.05) is 30.3 Å². The van der Waals surface area contributed by atoms with Crippen molar-refractivity contribution < 1.29 is 21.1 Å². The maximum absolute atomic E-state index is 10.6. The van der Waals surface area contributed by atoms with Crippen LogP contribution >= 0.6 is 147 Å². The molecule has 12 heteroatoms. The lowest BCUT2D eigenvalue weighted by molar-refractivity contribution is 0.111. The van der Waals surface area contributed by atoms with Crippen molar-refractivity contribution in [2.75, 3.05) is 14.3 Å². The van der Waals surface area contributed by atoms with Gasteiger partial charge in [0.25, 0.3) is 0 Å². The second kappa shape index (κ2) is 35.3. The van der Waals surface area contributed by atoms with Gasteiger partial charge in [-0.15, -0.1) is 0 Å². The Morgan fingerprint density at radius 2 is 0.586 bits per heavy atom. The Hall–Kier alpha value is -0.110. The van der Waals surface area contributed by atoms with Crippen molar-refractivity contribution in [1.82, 2.24) is 0 Å². The number of rotatable bonds is 2. The summed E-state index contributed by atoms with van der Waals surface area (Å²) in [6, 6.07) is 31.2. The standard InChI is InChI=1S/C11H13BrO.C11H13IO.2C10H12Br2.C10H12I2.C3H6.2CH3F.CH4/c2*1-11(2,3)9-4-8(7-13)5-10(12)6-9;3*1-10(2,3)7-4-8(11)6-9(12)5-7;1-2-3-1;2*1-2;/h2*4-7H,1-3H3;3*4-6H,1-3H3;1-3H2;2*1H3;1H4/i;;;;;;2*1D;. The van der Waals surface area contributed by atoms with Crippen molar-refractivity contribution in [3.05, 3.63) is 163 Å². The zero-order valence-electron chi connectivity index (χ0n) is 44.9. The average Bonchev–Trinajstić information content (AvgIpc) is 4.10. The number of benzene rings is 5. The molecule has 5 aromatic carbocycles. The van der Waals surface area contributed by atoms with E-state index in [1.54, 1.807) is 0 Å². The van der Waals surface area contributed by atoms with Crippen LogP contribution in [0.4, 0.5) is 8.78 Å². The van der Waals surface area contributed by atoms with Crippen LogP contribution in [0.25, 0.3) is 0 Å². The van der Waals surface area contributed by atoms with E-state index >= 15 is 0 Å². The molecule has 1 saturated carbocycles. The molecule has 0 atom stereocenters. The van der Waals surface area contributed by atoms with Gasteiger partial charge < -0.3 is 0 Å². The van der Waals surface area contributed by atoms with Crippen molar-refractivity contribution in [1.29, 1.82) is 0 Å². The fraction of sp³-hybridized carbons (Fsp3) is 0.448. The van der Waals surface area contributed by atoms with Gasteiger partial charge in [0.05, 0.1) is 17.0 Å². The molecule has 6 rings (SSSR count). The van der Waals surface area contributed by atoms with Gasteiger partial charge in [-0.2, -0.15) is 0 Å². The molecule has 0 amide bonds. The maximum atomic E-state index is 10.6. The molecule has 0 spiro atoms. The summed E-state index contributed by atoms with van der Waals surface area (Å²) >= 11 is 24.3. The van der Waals surface area contributed by atoms with E-state index < -0.39 is 14.3 Å². The Kier molecular flexibility index (Phi) is 35.2. The zero-order chi connectivity index (χ0) is 55.7. The first-order valence-electron chi connectivity index (χ1n) is 23.4. The van der Waals surface area contributed by atoms with Crippen molar-refractivity contribution in [2.45, 2.75) is 158 Å². The summed E-state index contributed by atoms with van der Waals surface area (Å²) in [5.41, 5.74) is 8.84. The summed E-state index contributed by atoms with van der Waals surface area (Å²) in [6.07, 6.45) is 6.28. The second-order valence-corrected chi connectivity index (χ2v) is 29.4. The quantitative estimate of drug-likeness (QED) is 0.130. The molecule has 0 heterocycles. The predicted octanol–water partition coefficient (Wildman–Crippen LogP) is 23.1. The molecule has 0 N–H and O–H groups in total. The lowest BCUT2D eigenvalue weighted by atomic mass is 9.86. The second-order valence-electron chi connectivity index (χ2n) is 21.1. The number of hydrogen-bond donors (Lipinski definition) is 0. The third kappa shape index (κ3) is 33.7. The molecule has 0 radical (unpaired) electrons.